The van der Waals surface area contributed by atoms with Crippen LogP contribution < -0.4 is 5.32 Å². The molecule has 0 aliphatic heterocycles. The number of pyridine rings is 1. The number of halogens is 2. The maximum atomic E-state index is 6.38. The molecule has 0 aliphatic carbocycles. The minimum absolute atomic E-state index is 0.350. The zero-order valence-corrected chi connectivity index (χ0v) is 17.6. The number of anilines is 2. The lowest BCUT2D eigenvalue weighted by atomic mass is 9.92. The Balaban J connectivity index is 2.03. The van der Waals surface area contributed by atoms with Crippen molar-refractivity contribution in [1.82, 2.24) is 4.98 Å². The first-order valence-corrected chi connectivity index (χ1v) is 9.94. The summed E-state index contributed by atoms with van der Waals surface area (Å²) in [4.78, 5) is 4.80. The Morgan fingerprint density at radius 3 is 1.93 bits per heavy atom. The highest BCUT2D eigenvalue weighted by molar-refractivity contribution is 6.31. The fourth-order valence-electron chi connectivity index (χ4n) is 3.12. The van der Waals surface area contributed by atoms with Gasteiger partial charge in [-0.1, -0.05) is 69.1 Å². The second-order valence-corrected chi connectivity index (χ2v) is 8.18. The van der Waals surface area contributed by atoms with Crippen molar-refractivity contribution in [3.63, 3.8) is 0 Å². The van der Waals surface area contributed by atoms with Gasteiger partial charge in [-0.15, -0.1) is 0 Å². The summed E-state index contributed by atoms with van der Waals surface area (Å²) in [7, 11) is 0. The summed E-state index contributed by atoms with van der Waals surface area (Å²) in [5, 5.41) is 5.05. The van der Waals surface area contributed by atoms with Gasteiger partial charge in [-0.3, -0.25) is 0 Å². The van der Waals surface area contributed by atoms with Crippen molar-refractivity contribution in [1.29, 1.82) is 0 Å². The van der Waals surface area contributed by atoms with E-state index in [0.717, 1.165) is 32.8 Å². The Bertz CT molecular complexity index is 902. The molecule has 3 aromatic rings. The largest absolute Gasteiger partial charge is 0.340 e. The van der Waals surface area contributed by atoms with Crippen molar-refractivity contribution in [2.75, 3.05) is 5.32 Å². The number of nitrogens with one attached hydrogen (secondary N) is 1. The lowest BCUT2D eigenvalue weighted by molar-refractivity contribution is 0.838. The van der Waals surface area contributed by atoms with Crippen LogP contribution in [0.15, 0.2) is 54.6 Å². The Morgan fingerprint density at radius 2 is 1.37 bits per heavy atom. The minimum Gasteiger partial charge on any atom is -0.340 e. The lowest BCUT2D eigenvalue weighted by Crippen LogP contribution is -2.05. The van der Waals surface area contributed by atoms with Crippen molar-refractivity contribution in [3.8, 4) is 11.3 Å². The molecule has 0 aliphatic rings. The topological polar surface area (TPSA) is 24.9 Å². The molecular formula is C23H24Cl2N2. The van der Waals surface area contributed by atoms with Crippen molar-refractivity contribution in [2.45, 2.75) is 39.5 Å². The van der Waals surface area contributed by atoms with Gasteiger partial charge >= 0.3 is 0 Å². The Hall–Kier alpha value is -2.03. The molecule has 1 N–H and O–H groups in total. The van der Waals surface area contributed by atoms with E-state index >= 15 is 0 Å². The van der Waals surface area contributed by atoms with Crippen LogP contribution in [0.1, 0.15) is 50.7 Å². The molecule has 4 heteroatoms. The van der Waals surface area contributed by atoms with E-state index in [9.17, 15) is 0 Å². The van der Waals surface area contributed by atoms with Gasteiger partial charge in [-0.2, -0.15) is 0 Å². The van der Waals surface area contributed by atoms with E-state index in [0.29, 0.717) is 11.8 Å². The van der Waals surface area contributed by atoms with E-state index in [4.69, 9.17) is 28.2 Å². The molecule has 0 radical (unpaired) electrons. The maximum absolute atomic E-state index is 6.38. The Morgan fingerprint density at radius 1 is 0.778 bits per heavy atom. The van der Waals surface area contributed by atoms with E-state index in [1.165, 1.54) is 11.1 Å². The highest BCUT2D eigenvalue weighted by atomic mass is 35.5. The third-order valence-electron chi connectivity index (χ3n) is 4.55. The fourth-order valence-corrected chi connectivity index (χ4v) is 3.48. The average Bonchev–Trinajstić information content (AvgIpc) is 2.63. The average molecular weight is 399 g/mol. The van der Waals surface area contributed by atoms with Gasteiger partial charge in [0.15, 0.2) is 0 Å². The molecule has 1 aromatic heterocycles. The van der Waals surface area contributed by atoms with Crippen LogP contribution in [-0.2, 0) is 0 Å². The molecule has 0 unspecified atom stereocenters. The second kappa shape index (κ2) is 8.33. The second-order valence-electron chi connectivity index (χ2n) is 7.31. The van der Waals surface area contributed by atoms with E-state index in [1.54, 1.807) is 0 Å². The molecular weight excluding hydrogens is 375 g/mol. The molecule has 3 rings (SSSR count). The van der Waals surface area contributed by atoms with Crippen LogP contribution >= 0.6 is 23.2 Å². The molecule has 2 aromatic carbocycles. The zero-order chi connectivity index (χ0) is 19.6. The summed E-state index contributed by atoms with van der Waals surface area (Å²) in [6.45, 7) is 8.72. The van der Waals surface area contributed by atoms with Gasteiger partial charge in [0.25, 0.3) is 0 Å². The maximum Gasteiger partial charge on any atom is 0.131 e. The number of benzene rings is 2. The monoisotopic (exact) mass is 398 g/mol. The van der Waals surface area contributed by atoms with Gasteiger partial charge in [0.05, 0.1) is 5.69 Å². The summed E-state index contributed by atoms with van der Waals surface area (Å²) >= 11 is 12.4. The van der Waals surface area contributed by atoms with E-state index in [-0.39, 0.29) is 0 Å². The van der Waals surface area contributed by atoms with E-state index in [2.05, 4.69) is 33.0 Å². The quantitative estimate of drug-likeness (QED) is 0.469. The van der Waals surface area contributed by atoms with Crippen LogP contribution in [0.5, 0.6) is 0 Å². The SMILES string of the molecule is CC(C)c1cc(Cl)cc(C(C)C)c1Nc1cccc(-c2ccc(Cl)cc2)n1. The summed E-state index contributed by atoms with van der Waals surface area (Å²) in [6.07, 6.45) is 0. The summed E-state index contributed by atoms with van der Waals surface area (Å²) < 4.78 is 0. The van der Waals surface area contributed by atoms with Gasteiger partial charge in [0, 0.05) is 21.3 Å². The van der Waals surface area contributed by atoms with Crippen LogP contribution in [0, 0.1) is 0 Å². The first kappa shape index (κ1) is 19.7. The molecule has 1 heterocycles. The normalized spacial score (nSPS) is 11.3. The van der Waals surface area contributed by atoms with Gasteiger partial charge in [-0.05, 0) is 59.4 Å². The van der Waals surface area contributed by atoms with Crippen LogP contribution in [0.4, 0.5) is 11.5 Å². The third kappa shape index (κ3) is 4.63. The molecule has 0 atom stereocenters. The predicted molar refractivity (Wildman–Crippen MR) is 118 cm³/mol. The number of nitrogens with zero attached hydrogens (tertiary/aromatic N) is 1. The zero-order valence-electron chi connectivity index (χ0n) is 16.1. The number of rotatable bonds is 5. The van der Waals surface area contributed by atoms with Crippen molar-refractivity contribution in [2.24, 2.45) is 0 Å². The molecule has 0 saturated carbocycles. The van der Waals surface area contributed by atoms with Gasteiger partial charge in [0.1, 0.15) is 5.82 Å². The third-order valence-corrected chi connectivity index (χ3v) is 5.02. The Kier molecular flexibility index (Phi) is 6.08. The summed E-state index contributed by atoms with van der Waals surface area (Å²) in [5.41, 5.74) is 5.44. The van der Waals surface area contributed by atoms with Gasteiger partial charge < -0.3 is 5.32 Å². The molecule has 0 saturated heterocycles. The van der Waals surface area contributed by atoms with Crippen LogP contribution in [0.2, 0.25) is 10.0 Å². The van der Waals surface area contributed by atoms with Crippen LogP contribution in [0.3, 0.4) is 0 Å². The fraction of sp³-hybridized carbons (Fsp3) is 0.261. The predicted octanol–water partition coefficient (Wildman–Crippen LogP) is 8.05. The highest BCUT2D eigenvalue weighted by Crippen LogP contribution is 2.37. The van der Waals surface area contributed by atoms with Gasteiger partial charge in [-0.25, -0.2) is 4.98 Å². The number of hydrogen-bond donors (Lipinski definition) is 1. The molecule has 2 nitrogen and oxygen atoms in total. The van der Waals surface area contributed by atoms with Crippen LogP contribution in [0.25, 0.3) is 11.3 Å². The Labute approximate surface area is 171 Å². The van der Waals surface area contributed by atoms with E-state index in [1.807, 2.05) is 54.6 Å². The summed E-state index contributed by atoms with van der Waals surface area (Å²) in [5.74, 6) is 1.51. The molecule has 140 valence electrons. The van der Waals surface area contributed by atoms with Crippen LogP contribution in [-0.4, -0.2) is 4.98 Å². The molecule has 0 bridgehead atoms. The minimum atomic E-state index is 0.350. The van der Waals surface area contributed by atoms with Crippen molar-refractivity contribution < 1.29 is 0 Å². The summed E-state index contributed by atoms with van der Waals surface area (Å²) in [6, 6.07) is 17.8. The molecule has 0 spiro atoms. The van der Waals surface area contributed by atoms with Gasteiger partial charge in [0.2, 0.25) is 0 Å². The van der Waals surface area contributed by atoms with Crippen molar-refractivity contribution in [3.05, 3.63) is 75.8 Å². The number of aromatic nitrogens is 1. The number of hydrogen-bond acceptors (Lipinski definition) is 2. The first-order valence-electron chi connectivity index (χ1n) is 9.18. The first-order chi connectivity index (χ1) is 12.8. The standard InChI is InChI=1S/C23H24Cl2N2/c1-14(2)19-12-18(25)13-20(15(3)4)23(19)27-22-7-5-6-21(26-22)16-8-10-17(24)11-9-16/h5-15H,1-4H3,(H,26,27). The molecule has 27 heavy (non-hydrogen) atoms. The highest BCUT2D eigenvalue weighted by Gasteiger charge is 2.16. The lowest BCUT2D eigenvalue weighted by Gasteiger charge is -2.21. The smallest absolute Gasteiger partial charge is 0.131 e. The molecule has 0 amide bonds. The van der Waals surface area contributed by atoms with E-state index < -0.39 is 0 Å². The molecule has 0 fully saturated rings. The van der Waals surface area contributed by atoms with Crippen molar-refractivity contribution >= 4 is 34.7 Å².